The lowest BCUT2D eigenvalue weighted by atomic mass is 10.2. The maximum Gasteiger partial charge on any atom is 0.411 e. The molecule has 0 amide bonds. The van der Waals surface area contributed by atoms with E-state index in [9.17, 15) is 23.3 Å². The quantitative estimate of drug-likeness (QED) is 0.482. The first-order valence-electron chi connectivity index (χ1n) is 4.72. The Morgan fingerprint density at radius 3 is 2.61 bits per heavy atom. The highest BCUT2D eigenvalue weighted by Crippen LogP contribution is 2.25. The van der Waals surface area contributed by atoms with Crippen LogP contribution in [0.15, 0.2) is 18.2 Å². The van der Waals surface area contributed by atoms with Crippen LogP contribution in [-0.2, 0) is 11.3 Å². The summed E-state index contributed by atoms with van der Waals surface area (Å²) in [6, 6.07) is 3.79. The number of halogens is 3. The number of nitrogens with zero attached hydrogens (tertiary/aromatic N) is 1. The van der Waals surface area contributed by atoms with Gasteiger partial charge in [-0.2, -0.15) is 13.2 Å². The van der Waals surface area contributed by atoms with Crippen LogP contribution >= 0.6 is 0 Å². The topological polar surface area (TPSA) is 90.4 Å². The van der Waals surface area contributed by atoms with E-state index < -0.39 is 17.7 Å². The van der Waals surface area contributed by atoms with Crippen LogP contribution in [0.25, 0.3) is 0 Å². The number of nitro benzene ring substituents is 1. The Morgan fingerprint density at radius 2 is 2.11 bits per heavy atom. The summed E-state index contributed by atoms with van der Waals surface area (Å²) in [5.41, 5.74) is 2.12. The summed E-state index contributed by atoms with van der Waals surface area (Å²) in [6.07, 6.45) is -4.43. The van der Waals surface area contributed by atoms with Gasteiger partial charge in [0.05, 0.1) is 11.5 Å². The van der Waals surface area contributed by atoms with Crippen molar-refractivity contribution in [3.05, 3.63) is 33.9 Å². The number of nitro groups is 1. The van der Waals surface area contributed by atoms with Crippen molar-refractivity contribution in [2.24, 2.45) is 5.84 Å². The molecule has 0 saturated carbocycles. The molecule has 0 spiro atoms. The summed E-state index contributed by atoms with van der Waals surface area (Å²) in [6.45, 7) is -1.77. The van der Waals surface area contributed by atoms with Gasteiger partial charge in [-0.05, 0) is 11.6 Å². The minimum atomic E-state index is -4.43. The van der Waals surface area contributed by atoms with E-state index in [1.807, 2.05) is 0 Å². The van der Waals surface area contributed by atoms with Gasteiger partial charge in [-0.25, -0.2) is 0 Å². The van der Waals surface area contributed by atoms with Crippen LogP contribution in [0.2, 0.25) is 0 Å². The SMILES string of the molecule is NNc1ccc(COCC(F)(F)F)cc1[N+](=O)[O-]. The Hall–Kier alpha value is -1.87. The molecule has 9 heteroatoms. The summed E-state index contributed by atoms with van der Waals surface area (Å²) in [5, 5.41) is 10.7. The smallest absolute Gasteiger partial charge is 0.367 e. The molecule has 6 nitrogen and oxygen atoms in total. The maximum absolute atomic E-state index is 11.8. The number of rotatable bonds is 5. The van der Waals surface area contributed by atoms with Crippen LogP contribution in [0.1, 0.15) is 5.56 Å². The minimum Gasteiger partial charge on any atom is -0.367 e. The molecule has 18 heavy (non-hydrogen) atoms. The van der Waals surface area contributed by atoms with Gasteiger partial charge in [0.1, 0.15) is 12.3 Å². The number of hydrogen-bond donors (Lipinski definition) is 2. The average molecular weight is 265 g/mol. The molecule has 100 valence electrons. The molecular formula is C9H10F3N3O3. The van der Waals surface area contributed by atoms with Crippen molar-refractivity contribution in [3.8, 4) is 0 Å². The van der Waals surface area contributed by atoms with Gasteiger partial charge in [0.15, 0.2) is 0 Å². The third-order valence-electron chi connectivity index (χ3n) is 1.95. The number of alkyl halides is 3. The van der Waals surface area contributed by atoms with E-state index in [-0.39, 0.29) is 23.5 Å². The zero-order chi connectivity index (χ0) is 13.8. The number of ether oxygens (including phenoxy) is 1. The summed E-state index contributed by atoms with van der Waals surface area (Å²) in [5.74, 6) is 5.06. The Bertz CT molecular complexity index is 437. The van der Waals surface area contributed by atoms with Gasteiger partial charge in [0, 0.05) is 6.07 Å². The van der Waals surface area contributed by atoms with E-state index in [2.05, 4.69) is 10.2 Å². The first kappa shape index (κ1) is 14.2. The fourth-order valence-electron chi connectivity index (χ4n) is 1.22. The number of benzene rings is 1. The molecule has 0 aliphatic heterocycles. The summed E-state index contributed by atoms with van der Waals surface area (Å²) in [4.78, 5) is 9.96. The van der Waals surface area contributed by atoms with E-state index in [1.54, 1.807) is 0 Å². The second-order valence-corrected chi connectivity index (χ2v) is 3.36. The number of hydrogen-bond acceptors (Lipinski definition) is 5. The maximum atomic E-state index is 11.8. The number of nitrogen functional groups attached to an aromatic ring is 1. The Morgan fingerprint density at radius 1 is 1.44 bits per heavy atom. The van der Waals surface area contributed by atoms with Crippen molar-refractivity contribution in [2.75, 3.05) is 12.0 Å². The lowest BCUT2D eigenvalue weighted by Crippen LogP contribution is -2.16. The highest BCUT2D eigenvalue weighted by Gasteiger charge is 2.27. The predicted molar refractivity (Wildman–Crippen MR) is 56.6 cm³/mol. The van der Waals surface area contributed by atoms with Gasteiger partial charge in [-0.15, -0.1) is 0 Å². The van der Waals surface area contributed by atoms with Crippen molar-refractivity contribution in [1.82, 2.24) is 0 Å². The standard InChI is InChI=1S/C9H10F3N3O3/c10-9(11,12)5-18-4-6-1-2-7(14-13)8(3-6)15(16)17/h1-3,14H,4-5,13H2. The molecule has 0 radical (unpaired) electrons. The van der Waals surface area contributed by atoms with Gasteiger partial charge in [0.25, 0.3) is 5.69 Å². The first-order valence-corrected chi connectivity index (χ1v) is 4.72. The van der Waals surface area contributed by atoms with Crippen molar-refractivity contribution >= 4 is 11.4 Å². The Balaban J connectivity index is 2.73. The van der Waals surface area contributed by atoms with E-state index in [0.717, 1.165) is 6.07 Å². The fraction of sp³-hybridized carbons (Fsp3) is 0.333. The molecule has 1 rings (SSSR count). The average Bonchev–Trinajstić information content (AvgIpc) is 2.27. The molecule has 0 atom stereocenters. The van der Waals surface area contributed by atoms with Crippen molar-refractivity contribution in [2.45, 2.75) is 12.8 Å². The van der Waals surface area contributed by atoms with E-state index in [4.69, 9.17) is 5.84 Å². The third kappa shape index (κ3) is 4.18. The van der Waals surface area contributed by atoms with E-state index in [1.165, 1.54) is 12.1 Å². The molecule has 1 aromatic carbocycles. The molecule has 0 bridgehead atoms. The second kappa shape index (κ2) is 5.65. The molecule has 3 N–H and O–H groups in total. The number of nitrogens with one attached hydrogen (secondary N) is 1. The molecule has 0 saturated heterocycles. The highest BCUT2D eigenvalue weighted by molar-refractivity contribution is 5.61. The molecule has 0 fully saturated rings. The second-order valence-electron chi connectivity index (χ2n) is 3.36. The minimum absolute atomic E-state index is 0.0690. The summed E-state index contributed by atoms with van der Waals surface area (Å²) < 4.78 is 39.9. The van der Waals surface area contributed by atoms with Crippen molar-refractivity contribution in [1.29, 1.82) is 0 Å². The molecule has 1 aromatic rings. The van der Waals surface area contributed by atoms with Crippen LogP contribution in [0, 0.1) is 10.1 Å². The molecular weight excluding hydrogens is 255 g/mol. The van der Waals surface area contributed by atoms with Crippen molar-refractivity contribution in [3.63, 3.8) is 0 Å². The van der Waals surface area contributed by atoms with Gasteiger partial charge in [-0.3, -0.25) is 16.0 Å². The van der Waals surface area contributed by atoms with Crippen molar-refractivity contribution < 1.29 is 22.8 Å². The lowest BCUT2D eigenvalue weighted by Gasteiger charge is -2.08. The third-order valence-corrected chi connectivity index (χ3v) is 1.95. The predicted octanol–water partition coefficient (Wildman–Crippen LogP) is 1.96. The summed E-state index contributed by atoms with van der Waals surface area (Å²) >= 11 is 0. The normalized spacial score (nSPS) is 11.3. The van der Waals surface area contributed by atoms with Crippen LogP contribution in [-0.4, -0.2) is 17.7 Å². The molecule has 0 aliphatic carbocycles. The largest absolute Gasteiger partial charge is 0.411 e. The monoisotopic (exact) mass is 265 g/mol. The zero-order valence-corrected chi connectivity index (χ0v) is 9.03. The van der Waals surface area contributed by atoms with Crippen LogP contribution < -0.4 is 11.3 Å². The van der Waals surface area contributed by atoms with Gasteiger partial charge in [-0.1, -0.05) is 6.07 Å². The molecule has 0 heterocycles. The Kier molecular flexibility index (Phi) is 4.45. The van der Waals surface area contributed by atoms with Gasteiger partial charge < -0.3 is 10.2 Å². The number of hydrazine groups is 1. The van der Waals surface area contributed by atoms with Crippen LogP contribution in [0.3, 0.4) is 0 Å². The number of nitrogens with two attached hydrogens (primary N) is 1. The molecule has 0 aromatic heterocycles. The van der Waals surface area contributed by atoms with Crippen LogP contribution in [0.4, 0.5) is 24.5 Å². The highest BCUT2D eigenvalue weighted by atomic mass is 19.4. The lowest BCUT2D eigenvalue weighted by molar-refractivity contribution is -0.384. The summed E-state index contributed by atoms with van der Waals surface area (Å²) in [7, 11) is 0. The Labute approximate surface area is 99.6 Å². The molecule has 0 unspecified atom stereocenters. The van der Waals surface area contributed by atoms with Gasteiger partial charge in [0.2, 0.25) is 0 Å². The van der Waals surface area contributed by atoms with E-state index >= 15 is 0 Å². The van der Waals surface area contributed by atoms with E-state index in [0.29, 0.717) is 0 Å². The first-order chi connectivity index (χ1) is 8.33. The van der Waals surface area contributed by atoms with Gasteiger partial charge >= 0.3 is 6.18 Å². The van der Waals surface area contributed by atoms with Crippen LogP contribution in [0.5, 0.6) is 0 Å². The number of anilines is 1. The fourth-order valence-corrected chi connectivity index (χ4v) is 1.22. The zero-order valence-electron chi connectivity index (χ0n) is 9.03. The molecule has 0 aliphatic rings.